The Hall–Kier alpha value is -2.40. The largest absolute Gasteiger partial charge is 0.507 e. The lowest BCUT2D eigenvalue weighted by Gasteiger charge is -2.26. The van der Waals surface area contributed by atoms with Crippen LogP contribution in [0.25, 0.3) is 5.76 Å². The molecule has 1 fully saturated rings. The molecule has 0 radical (unpaired) electrons. The van der Waals surface area contributed by atoms with Crippen molar-refractivity contribution in [1.29, 1.82) is 0 Å². The maximum absolute atomic E-state index is 12.8. The van der Waals surface area contributed by atoms with E-state index in [2.05, 4.69) is 15.9 Å². The number of nitrogens with zero attached hydrogens (tertiary/aromatic N) is 1. The second-order valence-corrected chi connectivity index (χ2v) is 7.63. The highest BCUT2D eigenvalue weighted by Crippen LogP contribution is 2.40. The van der Waals surface area contributed by atoms with Gasteiger partial charge in [0, 0.05) is 16.6 Å². The number of carbonyl (C=O) groups is 2. The number of aryl methyl sites for hydroxylation is 1. The predicted molar refractivity (Wildman–Crippen MR) is 109 cm³/mol. The van der Waals surface area contributed by atoms with Crippen LogP contribution in [0.4, 0.5) is 0 Å². The van der Waals surface area contributed by atoms with Crippen LogP contribution in [0.15, 0.2) is 58.6 Å². The molecule has 2 aromatic carbocycles. The number of likely N-dealkylation sites (tertiary alicyclic amines) is 1. The second kappa shape index (κ2) is 8.09. The molecule has 0 bridgehead atoms. The van der Waals surface area contributed by atoms with E-state index in [0.717, 1.165) is 28.4 Å². The zero-order valence-corrected chi connectivity index (χ0v) is 17.0. The van der Waals surface area contributed by atoms with Gasteiger partial charge < -0.3 is 10.0 Å². The zero-order valence-electron chi connectivity index (χ0n) is 15.4. The molecule has 1 atom stereocenters. The van der Waals surface area contributed by atoms with Gasteiger partial charge in [-0.3, -0.25) is 9.59 Å². The summed E-state index contributed by atoms with van der Waals surface area (Å²) < 4.78 is 0.873. The number of hydrogen-bond donors (Lipinski definition) is 1. The average molecular weight is 428 g/mol. The van der Waals surface area contributed by atoms with E-state index in [9.17, 15) is 14.7 Å². The first-order valence-electron chi connectivity index (χ1n) is 9.05. The first-order valence-corrected chi connectivity index (χ1v) is 9.85. The van der Waals surface area contributed by atoms with E-state index in [-0.39, 0.29) is 11.3 Å². The van der Waals surface area contributed by atoms with Crippen LogP contribution in [0, 0.1) is 6.92 Å². The van der Waals surface area contributed by atoms with Crippen LogP contribution in [-0.2, 0) is 9.59 Å². The van der Waals surface area contributed by atoms with Gasteiger partial charge in [0.2, 0.25) is 0 Å². The molecule has 3 rings (SSSR count). The minimum atomic E-state index is -0.625. The molecule has 2 aromatic rings. The minimum absolute atomic E-state index is 0.131. The summed E-state index contributed by atoms with van der Waals surface area (Å²) in [7, 11) is 0. The molecule has 1 N–H and O–H groups in total. The Balaban J connectivity index is 2.18. The van der Waals surface area contributed by atoms with Crippen LogP contribution in [-0.4, -0.2) is 28.2 Å². The van der Waals surface area contributed by atoms with Gasteiger partial charge in [-0.05, 0) is 36.6 Å². The van der Waals surface area contributed by atoms with Crippen molar-refractivity contribution >= 4 is 33.4 Å². The number of Topliss-reactive ketones (excluding diaryl/α,β-unsaturated/α-hetero) is 1. The zero-order chi connectivity index (χ0) is 19.6. The van der Waals surface area contributed by atoms with Crippen LogP contribution in [0.1, 0.15) is 42.5 Å². The Morgan fingerprint density at radius 1 is 1.11 bits per heavy atom. The van der Waals surface area contributed by atoms with Gasteiger partial charge in [-0.1, -0.05) is 65.7 Å². The smallest absolute Gasteiger partial charge is 0.295 e. The lowest BCUT2D eigenvalue weighted by molar-refractivity contribution is -0.139. The molecule has 0 spiro atoms. The van der Waals surface area contributed by atoms with Gasteiger partial charge in [-0.2, -0.15) is 0 Å². The fourth-order valence-electron chi connectivity index (χ4n) is 3.42. The van der Waals surface area contributed by atoms with Gasteiger partial charge in [0.25, 0.3) is 11.7 Å². The summed E-state index contributed by atoms with van der Waals surface area (Å²) in [6, 6.07) is 14.2. The molecule has 1 saturated heterocycles. The topological polar surface area (TPSA) is 57.6 Å². The molecule has 4 nitrogen and oxygen atoms in total. The summed E-state index contributed by atoms with van der Waals surface area (Å²) in [5, 5.41) is 10.9. The highest BCUT2D eigenvalue weighted by Gasteiger charge is 2.46. The molecule has 1 unspecified atom stereocenters. The number of halogens is 1. The van der Waals surface area contributed by atoms with Crippen LogP contribution in [0.5, 0.6) is 0 Å². The number of amides is 1. The maximum atomic E-state index is 12.8. The highest BCUT2D eigenvalue weighted by molar-refractivity contribution is 9.10. The van der Waals surface area contributed by atoms with E-state index in [1.807, 2.05) is 38.1 Å². The molecular formula is C22H22BrNO3. The SMILES string of the molecule is CCCCN1C(=O)C(=O)/C(=C(\O)c2ccc(Br)cc2)C1c1ccccc1C. The molecule has 0 aliphatic carbocycles. The van der Waals surface area contributed by atoms with Crippen molar-refractivity contribution in [3.05, 3.63) is 75.3 Å². The van der Waals surface area contributed by atoms with E-state index < -0.39 is 17.7 Å². The van der Waals surface area contributed by atoms with Crippen molar-refractivity contribution in [2.24, 2.45) is 0 Å². The third-order valence-electron chi connectivity index (χ3n) is 4.89. The Morgan fingerprint density at radius 3 is 2.41 bits per heavy atom. The third kappa shape index (κ3) is 3.69. The van der Waals surface area contributed by atoms with Crippen LogP contribution < -0.4 is 0 Å². The number of unbranched alkanes of at least 4 members (excludes halogenated alkanes) is 1. The number of ketones is 1. The molecule has 1 aliphatic rings. The summed E-state index contributed by atoms with van der Waals surface area (Å²) in [5.41, 5.74) is 2.53. The normalized spacial score (nSPS) is 18.9. The minimum Gasteiger partial charge on any atom is -0.507 e. The lowest BCUT2D eigenvalue weighted by atomic mass is 9.92. The fourth-order valence-corrected chi connectivity index (χ4v) is 3.68. The maximum Gasteiger partial charge on any atom is 0.295 e. The van der Waals surface area contributed by atoms with Crippen LogP contribution >= 0.6 is 15.9 Å². The van der Waals surface area contributed by atoms with Gasteiger partial charge in [-0.15, -0.1) is 0 Å². The Labute approximate surface area is 167 Å². The van der Waals surface area contributed by atoms with Crippen molar-refractivity contribution in [2.45, 2.75) is 32.7 Å². The standard InChI is InChI=1S/C22H22BrNO3/c1-3-4-13-24-19(17-8-6-5-7-14(17)2)18(21(26)22(24)27)20(25)15-9-11-16(23)12-10-15/h5-12,19,25H,3-4,13H2,1-2H3/b20-18-. The molecule has 1 heterocycles. The summed E-state index contributed by atoms with van der Waals surface area (Å²) in [4.78, 5) is 27.2. The van der Waals surface area contributed by atoms with E-state index in [1.54, 1.807) is 29.2 Å². The second-order valence-electron chi connectivity index (χ2n) is 6.71. The molecule has 27 heavy (non-hydrogen) atoms. The Morgan fingerprint density at radius 2 is 1.78 bits per heavy atom. The first kappa shape index (κ1) is 19.4. The van der Waals surface area contributed by atoms with Gasteiger partial charge in [-0.25, -0.2) is 0 Å². The number of aliphatic hydroxyl groups is 1. The Kier molecular flexibility index (Phi) is 5.80. The number of hydrogen-bond acceptors (Lipinski definition) is 3. The Bertz CT molecular complexity index is 902. The number of rotatable bonds is 5. The third-order valence-corrected chi connectivity index (χ3v) is 5.42. The van der Waals surface area contributed by atoms with Crippen LogP contribution in [0.2, 0.25) is 0 Å². The van der Waals surface area contributed by atoms with Crippen molar-refractivity contribution in [1.82, 2.24) is 4.90 Å². The molecule has 5 heteroatoms. The number of aliphatic hydroxyl groups excluding tert-OH is 1. The molecule has 140 valence electrons. The molecule has 0 saturated carbocycles. The fraction of sp³-hybridized carbons (Fsp3) is 0.273. The molecular weight excluding hydrogens is 406 g/mol. The summed E-state index contributed by atoms with van der Waals surface area (Å²) in [6.07, 6.45) is 1.71. The van der Waals surface area contributed by atoms with Crippen molar-refractivity contribution in [3.8, 4) is 0 Å². The van der Waals surface area contributed by atoms with Gasteiger partial charge in [0.15, 0.2) is 0 Å². The molecule has 0 aromatic heterocycles. The number of benzene rings is 2. The van der Waals surface area contributed by atoms with E-state index in [4.69, 9.17) is 0 Å². The lowest BCUT2D eigenvalue weighted by Crippen LogP contribution is -2.30. The van der Waals surface area contributed by atoms with E-state index in [0.29, 0.717) is 12.1 Å². The van der Waals surface area contributed by atoms with Crippen molar-refractivity contribution in [2.75, 3.05) is 6.54 Å². The first-order chi connectivity index (χ1) is 13.0. The molecule has 1 amide bonds. The van der Waals surface area contributed by atoms with E-state index >= 15 is 0 Å². The highest BCUT2D eigenvalue weighted by atomic mass is 79.9. The summed E-state index contributed by atoms with van der Waals surface area (Å²) in [6.45, 7) is 4.48. The van der Waals surface area contributed by atoms with E-state index in [1.165, 1.54) is 0 Å². The van der Waals surface area contributed by atoms with Gasteiger partial charge in [0.05, 0.1) is 11.6 Å². The number of carbonyl (C=O) groups excluding carboxylic acids is 2. The quantitative estimate of drug-likeness (QED) is 0.415. The predicted octanol–water partition coefficient (Wildman–Crippen LogP) is 4.98. The summed E-state index contributed by atoms with van der Waals surface area (Å²) in [5.74, 6) is -1.30. The van der Waals surface area contributed by atoms with Gasteiger partial charge >= 0.3 is 0 Å². The average Bonchev–Trinajstić information content (AvgIpc) is 2.91. The van der Waals surface area contributed by atoms with Crippen LogP contribution in [0.3, 0.4) is 0 Å². The van der Waals surface area contributed by atoms with Crippen molar-refractivity contribution in [3.63, 3.8) is 0 Å². The van der Waals surface area contributed by atoms with Gasteiger partial charge in [0.1, 0.15) is 5.76 Å². The van der Waals surface area contributed by atoms with Crippen molar-refractivity contribution < 1.29 is 14.7 Å². The monoisotopic (exact) mass is 427 g/mol. The summed E-state index contributed by atoms with van der Waals surface area (Å²) >= 11 is 3.37. The molecule has 1 aliphatic heterocycles.